The molecule has 1 atom stereocenters. The molecule has 3 rings (SSSR count). The van der Waals surface area contributed by atoms with Crippen molar-refractivity contribution in [2.45, 2.75) is 25.7 Å². The second-order valence-electron chi connectivity index (χ2n) is 5.54. The highest BCUT2D eigenvalue weighted by Crippen LogP contribution is 2.35. The van der Waals surface area contributed by atoms with Crippen LogP contribution in [0.25, 0.3) is 0 Å². The number of fused-ring (bicyclic) bond motifs is 1. The van der Waals surface area contributed by atoms with Crippen molar-refractivity contribution in [1.29, 1.82) is 5.26 Å². The topological polar surface area (TPSA) is 51.5 Å². The highest BCUT2D eigenvalue weighted by atomic mass is 16.7. The fourth-order valence-electron chi connectivity index (χ4n) is 2.71. The first-order valence-electron chi connectivity index (χ1n) is 7.75. The maximum atomic E-state index is 9.40. The maximum Gasteiger partial charge on any atom is 0.231 e. The number of aryl methyl sites for hydroxylation is 1. The Labute approximate surface area is 136 Å². The van der Waals surface area contributed by atoms with Gasteiger partial charge < -0.3 is 14.2 Å². The SMILES string of the molecule is Cc1ccccc1C(C#N)CCCOc1ccc2c(c1)OCO2. The van der Waals surface area contributed by atoms with Crippen molar-refractivity contribution < 1.29 is 14.2 Å². The van der Waals surface area contributed by atoms with Crippen molar-refractivity contribution >= 4 is 0 Å². The molecule has 0 N–H and O–H groups in total. The minimum Gasteiger partial charge on any atom is -0.493 e. The van der Waals surface area contributed by atoms with Gasteiger partial charge in [0.2, 0.25) is 6.79 Å². The Morgan fingerprint density at radius 3 is 2.83 bits per heavy atom. The standard InChI is InChI=1S/C19H19NO3/c1-14-5-2-3-7-17(14)15(12-20)6-4-10-21-16-8-9-18-19(11-16)23-13-22-18/h2-3,5,7-9,11,15H,4,6,10,13H2,1H3. The monoisotopic (exact) mass is 309 g/mol. The zero-order valence-electron chi connectivity index (χ0n) is 13.1. The van der Waals surface area contributed by atoms with Gasteiger partial charge in [-0.05, 0) is 43.0 Å². The van der Waals surface area contributed by atoms with E-state index in [0.29, 0.717) is 6.61 Å². The number of ether oxygens (including phenoxy) is 3. The zero-order chi connectivity index (χ0) is 16.1. The Hall–Kier alpha value is -2.67. The lowest BCUT2D eigenvalue weighted by Gasteiger charge is -2.12. The Balaban J connectivity index is 1.51. The fraction of sp³-hybridized carbons (Fsp3) is 0.316. The van der Waals surface area contributed by atoms with Crippen LogP contribution in [0.2, 0.25) is 0 Å². The summed E-state index contributed by atoms with van der Waals surface area (Å²) in [6.07, 6.45) is 1.60. The Bertz CT molecular complexity index is 721. The van der Waals surface area contributed by atoms with Gasteiger partial charge in [-0.25, -0.2) is 0 Å². The lowest BCUT2D eigenvalue weighted by molar-refractivity contribution is 0.173. The van der Waals surface area contributed by atoms with E-state index < -0.39 is 0 Å². The third-order valence-corrected chi connectivity index (χ3v) is 3.97. The molecule has 0 bridgehead atoms. The van der Waals surface area contributed by atoms with Crippen molar-refractivity contribution in [3.05, 3.63) is 53.6 Å². The minimum atomic E-state index is -0.0865. The molecular formula is C19H19NO3. The molecule has 2 aromatic carbocycles. The molecule has 0 fully saturated rings. The van der Waals surface area contributed by atoms with E-state index in [0.717, 1.165) is 41.2 Å². The molecule has 2 aromatic rings. The number of benzene rings is 2. The number of nitrogens with zero attached hydrogens (tertiary/aromatic N) is 1. The van der Waals surface area contributed by atoms with E-state index in [2.05, 4.69) is 6.07 Å². The van der Waals surface area contributed by atoms with Crippen molar-refractivity contribution in [1.82, 2.24) is 0 Å². The van der Waals surface area contributed by atoms with Gasteiger partial charge >= 0.3 is 0 Å². The molecule has 0 aromatic heterocycles. The van der Waals surface area contributed by atoms with Crippen LogP contribution in [0.4, 0.5) is 0 Å². The van der Waals surface area contributed by atoms with Crippen molar-refractivity contribution in [2.75, 3.05) is 13.4 Å². The predicted molar refractivity (Wildman–Crippen MR) is 86.8 cm³/mol. The fourth-order valence-corrected chi connectivity index (χ4v) is 2.71. The summed E-state index contributed by atoms with van der Waals surface area (Å²) in [4.78, 5) is 0. The predicted octanol–water partition coefficient (Wildman–Crippen LogP) is 4.19. The van der Waals surface area contributed by atoms with Crippen molar-refractivity contribution in [3.8, 4) is 23.3 Å². The van der Waals surface area contributed by atoms with Gasteiger partial charge in [-0.15, -0.1) is 0 Å². The van der Waals surface area contributed by atoms with Crippen LogP contribution < -0.4 is 14.2 Å². The molecule has 4 nitrogen and oxygen atoms in total. The van der Waals surface area contributed by atoms with Crippen LogP contribution in [0, 0.1) is 18.3 Å². The van der Waals surface area contributed by atoms with Crippen LogP contribution >= 0.6 is 0 Å². The van der Waals surface area contributed by atoms with Crippen molar-refractivity contribution in [2.24, 2.45) is 0 Å². The first-order chi connectivity index (χ1) is 11.3. The van der Waals surface area contributed by atoms with E-state index >= 15 is 0 Å². The van der Waals surface area contributed by atoms with E-state index in [-0.39, 0.29) is 12.7 Å². The van der Waals surface area contributed by atoms with Gasteiger partial charge in [-0.1, -0.05) is 24.3 Å². The summed E-state index contributed by atoms with van der Waals surface area (Å²) in [5.74, 6) is 2.15. The van der Waals surface area contributed by atoms with Crippen LogP contribution in [0.15, 0.2) is 42.5 Å². The Kier molecular flexibility index (Phi) is 4.68. The van der Waals surface area contributed by atoms with E-state index in [1.807, 2.05) is 49.4 Å². The molecule has 1 aliphatic heterocycles. The van der Waals surface area contributed by atoms with Crippen LogP contribution in [-0.4, -0.2) is 13.4 Å². The van der Waals surface area contributed by atoms with Gasteiger partial charge in [-0.3, -0.25) is 0 Å². The molecule has 23 heavy (non-hydrogen) atoms. The van der Waals surface area contributed by atoms with Gasteiger partial charge in [0.25, 0.3) is 0 Å². The van der Waals surface area contributed by atoms with Gasteiger partial charge in [-0.2, -0.15) is 5.26 Å². The molecule has 0 radical (unpaired) electrons. The quantitative estimate of drug-likeness (QED) is 0.751. The van der Waals surface area contributed by atoms with Gasteiger partial charge in [0, 0.05) is 6.07 Å². The summed E-state index contributed by atoms with van der Waals surface area (Å²) in [5, 5.41) is 9.40. The third kappa shape index (κ3) is 3.57. The van der Waals surface area contributed by atoms with Crippen LogP contribution in [0.1, 0.15) is 29.9 Å². The molecule has 1 heterocycles. The number of hydrogen-bond donors (Lipinski definition) is 0. The average Bonchev–Trinajstić information content (AvgIpc) is 3.04. The summed E-state index contributed by atoms with van der Waals surface area (Å²) in [5.41, 5.74) is 2.27. The third-order valence-electron chi connectivity index (χ3n) is 3.97. The molecular weight excluding hydrogens is 290 g/mol. The Morgan fingerprint density at radius 2 is 2.00 bits per heavy atom. The lowest BCUT2D eigenvalue weighted by Crippen LogP contribution is -2.03. The normalized spacial score (nSPS) is 13.4. The zero-order valence-corrected chi connectivity index (χ0v) is 13.1. The van der Waals surface area contributed by atoms with Crippen LogP contribution in [0.5, 0.6) is 17.2 Å². The molecule has 0 amide bonds. The first kappa shape index (κ1) is 15.2. The lowest BCUT2D eigenvalue weighted by atomic mass is 9.92. The molecule has 1 unspecified atom stereocenters. The van der Waals surface area contributed by atoms with E-state index in [1.165, 1.54) is 0 Å². The van der Waals surface area contributed by atoms with Gasteiger partial charge in [0.1, 0.15) is 5.75 Å². The summed E-state index contributed by atoms with van der Waals surface area (Å²) in [7, 11) is 0. The molecule has 118 valence electrons. The highest BCUT2D eigenvalue weighted by Gasteiger charge is 2.14. The average molecular weight is 309 g/mol. The van der Waals surface area contributed by atoms with Crippen LogP contribution in [0.3, 0.4) is 0 Å². The van der Waals surface area contributed by atoms with Crippen molar-refractivity contribution in [3.63, 3.8) is 0 Å². The highest BCUT2D eigenvalue weighted by molar-refractivity contribution is 5.46. The molecule has 1 aliphatic rings. The molecule has 0 saturated heterocycles. The summed E-state index contributed by atoms with van der Waals surface area (Å²) in [6.45, 7) is 2.88. The van der Waals surface area contributed by atoms with E-state index in [1.54, 1.807) is 0 Å². The number of nitriles is 1. The molecule has 0 aliphatic carbocycles. The molecule has 0 spiro atoms. The molecule has 4 heteroatoms. The minimum absolute atomic E-state index is 0.0865. The first-order valence-corrected chi connectivity index (χ1v) is 7.75. The van der Waals surface area contributed by atoms with E-state index in [9.17, 15) is 5.26 Å². The number of rotatable bonds is 6. The summed E-state index contributed by atoms with van der Waals surface area (Å²) in [6, 6.07) is 16.0. The van der Waals surface area contributed by atoms with Crippen LogP contribution in [-0.2, 0) is 0 Å². The smallest absolute Gasteiger partial charge is 0.231 e. The van der Waals surface area contributed by atoms with E-state index in [4.69, 9.17) is 14.2 Å². The second-order valence-corrected chi connectivity index (χ2v) is 5.54. The largest absolute Gasteiger partial charge is 0.493 e. The second kappa shape index (κ2) is 7.06. The Morgan fingerprint density at radius 1 is 1.17 bits per heavy atom. The number of hydrogen-bond acceptors (Lipinski definition) is 4. The molecule has 0 saturated carbocycles. The maximum absolute atomic E-state index is 9.40. The van der Waals surface area contributed by atoms with Gasteiger partial charge in [0.15, 0.2) is 11.5 Å². The summed E-state index contributed by atoms with van der Waals surface area (Å²) < 4.78 is 16.3. The summed E-state index contributed by atoms with van der Waals surface area (Å²) >= 11 is 0. The van der Waals surface area contributed by atoms with Gasteiger partial charge in [0.05, 0.1) is 18.6 Å².